The highest BCUT2D eigenvalue weighted by Crippen LogP contribution is 2.39. The van der Waals surface area contributed by atoms with Gasteiger partial charge >= 0.3 is 0 Å². The summed E-state index contributed by atoms with van der Waals surface area (Å²) in [6, 6.07) is 3.42. The van der Waals surface area contributed by atoms with Gasteiger partial charge in [0.2, 0.25) is 0 Å². The second-order valence-electron chi connectivity index (χ2n) is 4.23. The van der Waals surface area contributed by atoms with E-state index in [0.717, 1.165) is 12.8 Å². The average Bonchev–Trinajstić information content (AvgIpc) is 3.12. The summed E-state index contributed by atoms with van der Waals surface area (Å²) in [4.78, 5) is 12.0. The fourth-order valence-electron chi connectivity index (χ4n) is 1.81. The zero-order chi connectivity index (χ0) is 12.4. The Kier molecular flexibility index (Phi) is 3.57. The van der Waals surface area contributed by atoms with E-state index < -0.39 is 0 Å². The van der Waals surface area contributed by atoms with Crippen molar-refractivity contribution in [3.8, 4) is 11.5 Å². The van der Waals surface area contributed by atoms with Gasteiger partial charge in [-0.25, -0.2) is 0 Å². The van der Waals surface area contributed by atoms with Crippen LogP contribution in [0, 0.1) is 5.92 Å². The number of benzene rings is 1. The first-order valence-electron chi connectivity index (χ1n) is 5.61. The number of hydrogen-bond donors (Lipinski definition) is 0. The van der Waals surface area contributed by atoms with E-state index in [9.17, 15) is 4.79 Å². The van der Waals surface area contributed by atoms with Crippen LogP contribution in [0.1, 0.15) is 29.6 Å². The largest absolute Gasteiger partial charge is 0.495 e. The molecule has 4 heteroatoms. The molecule has 0 spiro atoms. The highest BCUT2D eigenvalue weighted by molar-refractivity contribution is 6.34. The minimum Gasteiger partial charge on any atom is -0.495 e. The average molecular weight is 255 g/mol. The van der Waals surface area contributed by atoms with Crippen molar-refractivity contribution < 1.29 is 14.3 Å². The van der Waals surface area contributed by atoms with Gasteiger partial charge in [0.1, 0.15) is 10.8 Å². The van der Waals surface area contributed by atoms with Gasteiger partial charge in [-0.05, 0) is 30.9 Å². The molecule has 92 valence electrons. The van der Waals surface area contributed by atoms with E-state index in [0.29, 0.717) is 34.4 Å². The number of hydrogen-bond acceptors (Lipinski definition) is 3. The topological polar surface area (TPSA) is 35.5 Å². The van der Waals surface area contributed by atoms with Gasteiger partial charge in [0.05, 0.1) is 19.8 Å². The zero-order valence-electron chi connectivity index (χ0n) is 9.96. The maximum absolute atomic E-state index is 12.0. The standard InChI is InChI=1S/C13H15ClO3/c1-16-11-6-5-9(13(17-2)12(11)14)10(15)7-8-3-4-8/h5-6,8H,3-4,7H2,1-2H3. The van der Waals surface area contributed by atoms with Crippen molar-refractivity contribution in [2.24, 2.45) is 5.92 Å². The Labute approximate surface area is 106 Å². The first-order chi connectivity index (χ1) is 8.17. The van der Waals surface area contributed by atoms with Crippen molar-refractivity contribution in [1.29, 1.82) is 0 Å². The molecule has 0 N–H and O–H groups in total. The summed E-state index contributed by atoms with van der Waals surface area (Å²) < 4.78 is 10.3. The molecule has 0 aliphatic heterocycles. The van der Waals surface area contributed by atoms with Crippen molar-refractivity contribution in [3.63, 3.8) is 0 Å². The molecule has 1 aromatic rings. The summed E-state index contributed by atoms with van der Waals surface area (Å²) >= 11 is 6.11. The van der Waals surface area contributed by atoms with Gasteiger partial charge in [0.25, 0.3) is 0 Å². The van der Waals surface area contributed by atoms with Crippen molar-refractivity contribution in [3.05, 3.63) is 22.7 Å². The van der Waals surface area contributed by atoms with E-state index in [1.54, 1.807) is 12.1 Å². The third-order valence-electron chi connectivity index (χ3n) is 2.96. The predicted molar refractivity (Wildman–Crippen MR) is 66.2 cm³/mol. The number of carbonyl (C=O) groups is 1. The van der Waals surface area contributed by atoms with Crippen molar-refractivity contribution in [2.45, 2.75) is 19.3 Å². The van der Waals surface area contributed by atoms with Crippen LogP contribution in [0.4, 0.5) is 0 Å². The monoisotopic (exact) mass is 254 g/mol. The molecule has 2 rings (SSSR count). The summed E-state index contributed by atoms with van der Waals surface area (Å²) in [7, 11) is 3.04. The molecule has 0 saturated heterocycles. The SMILES string of the molecule is COc1ccc(C(=O)CC2CC2)c(OC)c1Cl. The van der Waals surface area contributed by atoms with Crippen LogP contribution in [0.3, 0.4) is 0 Å². The number of carbonyl (C=O) groups excluding carboxylic acids is 1. The maximum Gasteiger partial charge on any atom is 0.166 e. The third kappa shape index (κ3) is 2.55. The molecule has 0 radical (unpaired) electrons. The van der Waals surface area contributed by atoms with Gasteiger partial charge < -0.3 is 9.47 Å². The van der Waals surface area contributed by atoms with Gasteiger partial charge in [-0.2, -0.15) is 0 Å². The molecule has 1 aliphatic carbocycles. The molecular weight excluding hydrogens is 240 g/mol. The van der Waals surface area contributed by atoms with Gasteiger partial charge in [-0.3, -0.25) is 4.79 Å². The van der Waals surface area contributed by atoms with Crippen LogP contribution in [0.25, 0.3) is 0 Å². The molecule has 1 aliphatic rings. The fraction of sp³-hybridized carbons (Fsp3) is 0.462. The lowest BCUT2D eigenvalue weighted by Gasteiger charge is -2.12. The predicted octanol–water partition coefficient (Wildman–Crippen LogP) is 3.34. The second-order valence-corrected chi connectivity index (χ2v) is 4.61. The minimum absolute atomic E-state index is 0.0916. The fourth-order valence-corrected chi connectivity index (χ4v) is 2.13. The van der Waals surface area contributed by atoms with Crippen LogP contribution in [-0.4, -0.2) is 20.0 Å². The third-order valence-corrected chi connectivity index (χ3v) is 3.32. The molecule has 0 heterocycles. The number of ether oxygens (including phenoxy) is 2. The van der Waals surface area contributed by atoms with Gasteiger partial charge in [0.15, 0.2) is 11.5 Å². The van der Waals surface area contributed by atoms with Crippen LogP contribution in [0.5, 0.6) is 11.5 Å². The normalized spacial score (nSPS) is 14.5. The lowest BCUT2D eigenvalue weighted by Crippen LogP contribution is -2.04. The molecule has 0 atom stereocenters. The van der Waals surface area contributed by atoms with Gasteiger partial charge in [-0.1, -0.05) is 11.6 Å². The van der Waals surface area contributed by atoms with E-state index >= 15 is 0 Å². The highest BCUT2D eigenvalue weighted by Gasteiger charge is 2.27. The van der Waals surface area contributed by atoms with Crippen molar-refractivity contribution in [2.75, 3.05) is 14.2 Å². The summed E-state index contributed by atoms with van der Waals surface area (Å²) in [6.07, 6.45) is 2.88. The second kappa shape index (κ2) is 4.96. The number of ketones is 1. The molecule has 0 bridgehead atoms. The molecule has 1 aromatic carbocycles. The van der Waals surface area contributed by atoms with Gasteiger partial charge in [-0.15, -0.1) is 0 Å². The Hall–Kier alpha value is -1.22. The quantitative estimate of drug-likeness (QED) is 0.756. The van der Waals surface area contributed by atoms with E-state index in [4.69, 9.17) is 21.1 Å². The molecule has 0 amide bonds. The van der Waals surface area contributed by atoms with Crippen molar-refractivity contribution >= 4 is 17.4 Å². The number of rotatable bonds is 5. The summed E-state index contributed by atoms with van der Waals surface area (Å²) in [6.45, 7) is 0. The minimum atomic E-state index is 0.0916. The summed E-state index contributed by atoms with van der Waals surface area (Å²) in [5.41, 5.74) is 0.546. The van der Waals surface area contributed by atoms with Crippen molar-refractivity contribution in [1.82, 2.24) is 0 Å². The maximum atomic E-state index is 12.0. The molecule has 1 fully saturated rings. The van der Waals surface area contributed by atoms with E-state index in [1.165, 1.54) is 14.2 Å². The number of Topliss-reactive ketones (excluding diaryl/α,β-unsaturated/α-hetero) is 1. The Morgan fingerprint density at radius 2 is 2.06 bits per heavy atom. The van der Waals surface area contributed by atoms with E-state index in [1.807, 2.05) is 0 Å². The Morgan fingerprint density at radius 1 is 1.35 bits per heavy atom. The molecule has 0 aromatic heterocycles. The molecule has 3 nitrogen and oxygen atoms in total. The summed E-state index contributed by atoms with van der Waals surface area (Å²) in [5, 5.41) is 0.358. The molecular formula is C13H15ClO3. The molecule has 0 unspecified atom stereocenters. The van der Waals surface area contributed by atoms with Crippen LogP contribution in [-0.2, 0) is 0 Å². The van der Waals surface area contributed by atoms with Crippen LogP contribution in [0.2, 0.25) is 5.02 Å². The van der Waals surface area contributed by atoms with E-state index in [-0.39, 0.29) is 5.78 Å². The first kappa shape index (κ1) is 12.2. The zero-order valence-corrected chi connectivity index (χ0v) is 10.7. The van der Waals surface area contributed by atoms with Gasteiger partial charge in [0, 0.05) is 6.42 Å². The molecule has 1 saturated carbocycles. The Bertz CT molecular complexity index is 439. The van der Waals surface area contributed by atoms with E-state index in [2.05, 4.69) is 0 Å². The van der Waals surface area contributed by atoms with Crippen LogP contribution in [0.15, 0.2) is 12.1 Å². The first-order valence-corrected chi connectivity index (χ1v) is 5.98. The van der Waals surface area contributed by atoms with Crippen LogP contribution >= 0.6 is 11.6 Å². The number of methoxy groups -OCH3 is 2. The lowest BCUT2D eigenvalue weighted by molar-refractivity contribution is 0.0973. The smallest absolute Gasteiger partial charge is 0.166 e. The van der Waals surface area contributed by atoms with Crippen LogP contribution < -0.4 is 9.47 Å². The summed E-state index contributed by atoms with van der Waals surface area (Å²) in [5.74, 6) is 1.57. The lowest BCUT2D eigenvalue weighted by atomic mass is 10.0. The number of halogens is 1. The Balaban J connectivity index is 2.31. The highest BCUT2D eigenvalue weighted by atomic mass is 35.5. The molecule has 17 heavy (non-hydrogen) atoms. The Morgan fingerprint density at radius 3 is 2.59 bits per heavy atom.